The lowest BCUT2D eigenvalue weighted by atomic mass is 10.2. The number of nitrogens with two attached hydrogens (primary N) is 1. The van der Waals surface area contributed by atoms with E-state index in [-0.39, 0.29) is 11.5 Å². The number of nitrogen functional groups attached to an aromatic ring is 1. The van der Waals surface area contributed by atoms with Gasteiger partial charge in [-0.05, 0) is 18.2 Å². The van der Waals surface area contributed by atoms with Crippen LogP contribution in [0.5, 0.6) is 0 Å². The number of nitrogens with zero attached hydrogens (tertiary/aromatic N) is 3. The van der Waals surface area contributed by atoms with Crippen LogP contribution in [0.2, 0.25) is 0 Å². The zero-order valence-electron chi connectivity index (χ0n) is 9.00. The molecule has 0 radical (unpaired) electrons. The molecule has 0 saturated heterocycles. The SMILES string of the molecule is Nc1ccc(F)c(-c2nc(-c3cncs3)no2)c1. The molecule has 0 aliphatic rings. The Balaban J connectivity index is 2.05. The van der Waals surface area contributed by atoms with Gasteiger partial charge in [-0.2, -0.15) is 4.98 Å². The van der Waals surface area contributed by atoms with Crippen molar-refractivity contribution in [1.82, 2.24) is 15.1 Å². The molecule has 0 unspecified atom stereocenters. The Labute approximate surface area is 105 Å². The molecule has 0 bridgehead atoms. The molecule has 2 N–H and O–H groups in total. The van der Waals surface area contributed by atoms with Crippen LogP contribution in [-0.4, -0.2) is 15.1 Å². The minimum atomic E-state index is -0.455. The van der Waals surface area contributed by atoms with Crippen molar-refractivity contribution in [1.29, 1.82) is 0 Å². The van der Waals surface area contributed by atoms with Crippen molar-refractivity contribution in [2.75, 3.05) is 5.73 Å². The van der Waals surface area contributed by atoms with Crippen molar-refractivity contribution in [3.05, 3.63) is 35.7 Å². The number of hydrogen-bond donors (Lipinski definition) is 1. The summed E-state index contributed by atoms with van der Waals surface area (Å²) in [6.45, 7) is 0. The zero-order valence-corrected chi connectivity index (χ0v) is 9.82. The quantitative estimate of drug-likeness (QED) is 0.718. The highest BCUT2D eigenvalue weighted by Crippen LogP contribution is 2.27. The third kappa shape index (κ3) is 1.84. The van der Waals surface area contributed by atoms with Crippen LogP contribution in [-0.2, 0) is 0 Å². The highest BCUT2D eigenvalue weighted by molar-refractivity contribution is 7.13. The van der Waals surface area contributed by atoms with Crippen molar-refractivity contribution < 1.29 is 8.91 Å². The summed E-state index contributed by atoms with van der Waals surface area (Å²) < 4.78 is 18.6. The molecular formula is C11H7FN4OS. The van der Waals surface area contributed by atoms with Gasteiger partial charge in [-0.3, -0.25) is 4.98 Å². The average molecular weight is 262 g/mol. The Kier molecular flexibility index (Phi) is 2.52. The maximum absolute atomic E-state index is 13.6. The Hall–Kier alpha value is -2.28. The molecule has 1 aromatic carbocycles. The van der Waals surface area contributed by atoms with E-state index in [0.717, 1.165) is 4.88 Å². The van der Waals surface area contributed by atoms with E-state index in [1.807, 2.05) is 0 Å². The van der Waals surface area contributed by atoms with E-state index in [1.54, 1.807) is 11.7 Å². The maximum Gasteiger partial charge on any atom is 0.261 e. The van der Waals surface area contributed by atoms with Gasteiger partial charge in [-0.25, -0.2) is 4.39 Å². The predicted octanol–water partition coefficient (Wildman–Crippen LogP) is 2.58. The number of thiazole rings is 1. The molecule has 0 fully saturated rings. The largest absolute Gasteiger partial charge is 0.399 e. The second-order valence-corrected chi connectivity index (χ2v) is 4.41. The number of rotatable bonds is 2. The van der Waals surface area contributed by atoms with E-state index in [1.165, 1.54) is 29.5 Å². The van der Waals surface area contributed by atoms with Gasteiger partial charge >= 0.3 is 0 Å². The van der Waals surface area contributed by atoms with Crippen LogP contribution in [0.25, 0.3) is 22.2 Å². The lowest BCUT2D eigenvalue weighted by molar-refractivity contribution is 0.430. The van der Waals surface area contributed by atoms with Gasteiger partial charge in [-0.15, -0.1) is 11.3 Å². The van der Waals surface area contributed by atoms with Crippen LogP contribution >= 0.6 is 11.3 Å². The lowest BCUT2D eigenvalue weighted by Gasteiger charge is -1.98. The fourth-order valence-corrected chi connectivity index (χ4v) is 2.01. The summed E-state index contributed by atoms with van der Waals surface area (Å²) in [5.41, 5.74) is 7.89. The normalized spacial score (nSPS) is 10.7. The Morgan fingerprint density at radius 3 is 3.00 bits per heavy atom. The molecule has 0 spiro atoms. The maximum atomic E-state index is 13.6. The first-order valence-electron chi connectivity index (χ1n) is 5.02. The topological polar surface area (TPSA) is 77.8 Å². The Morgan fingerprint density at radius 1 is 1.33 bits per heavy atom. The highest BCUT2D eigenvalue weighted by atomic mass is 32.1. The minimum Gasteiger partial charge on any atom is -0.399 e. The first-order valence-corrected chi connectivity index (χ1v) is 5.90. The molecular weight excluding hydrogens is 255 g/mol. The van der Waals surface area contributed by atoms with Crippen LogP contribution in [0.15, 0.2) is 34.4 Å². The molecule has 3 rings (SSSR count). The molecule has 0 atom stereocenters. The zero-order chi connectivity index (χ0) is 12.5. The van der Waals surface area contributed by atoms with E-state index < -0.39 is 5.82 Å². The minimum absolute atomic E-state index is 0.100. The molecule has 90 valence electrons. The number of benzene rings is 1. The summed E-state index contributed by atoms with van der Waals surface area (Å²) in [7, 11) is 0. The van der Waals surface area contributed by atoms with Gasteiger partial charge in [0.2, 0.25) is 5.82 Å². The van der Waals surface area contributed by atoms with Gasteiger partial charge < -0.3 is 10.3 Å². The molecule has 3 aromatic rings. The summed E-state index contributed by atoms with van der Waals surface area (Å²) in [6, 6.07) is 4.19. The summed E-state index contributed by atoms with van der Waals surface area (Å²) in [6.07, 6.45) is 1.62. The molecule has 0 saturated carbocycles. The number of hydrogen-bond acceptors (Lipinski definition) is 6. The number of aromatic nitrogens is 3. The van der Waals surface area contributed by atoms with Crippen molar-refractivity contribution in [2.24, 2.45) is 0 Å². The molecule has 18 heavy (non-hydrogen) atoms. The van der Waals surface area contributed by atoms with Crippen LogP contribution < -0.4 is 5.73 Å². The van der Waals surface area contributed by atoms with E-state index in [2.05, 4.69) is 15.1 Å². The van der Waals surface area contributed by atoms with Crippen molar-refractivity contribution >= 4 is 17.0 Å². The fourth-order valence-electron chi connectivity index (χ4n) is 1.47. The van der Waals surface area contributed by atoms with Crippen molar-refractivity contribution in [2.45, 2.75) is 0 Å². The van der Waals surface area contributed by atoms with Gasteiger partial charge in [0.25, 0.3) is 5.89 Å². The van der Waals surface area contributed by atoms with Gasteiger partial charge in [0.15, 0.2) is 0 Å². The van der Waals surface area contributed by atoms with Gasteiger partial charge in [-0.1, -0.05) is 5.16 Å². The third-order valence-corrected chi connectivity index (χ3v) is 3.07. The first kappa shape index (κ1) is 10.8. The lowest BCUT2D eigenvalue weighted by Crippen LogP contribution is -1.89. The van der Waals surface area contributed by atoms with Crippen LogP contribution in [0.1, 0.15) is 0 Å². The molecule has 0 aliphatic heterocycles. The number of halogens is 1. The van der Waals surface area contributed by atoms with Crippen LogP contribution in [0.4, 0.5) is 10.1 Å². The van der Waals surface area contributed by atoms with E-state index >= 15 is 0 Å². The molecule has 2 aromatic heterocycles. The van der Waals surface area contributed by atoms with Crippen molar-refractivity contribution in [3.8, 4) is 22.2 Å². The highest BCUT2D eigenvalue weighted by Gasteiger charge is 2.15. The summed E-state index contributed by atoms with van der Waals surface area (Å²) in [5, 5.41) is 3.78. The smallest absolute Gasteiger partial charge is 0.261 e. The summed E-state index contributed by atoms with van der Waals surface area (Å²) in [4.78, 5) is 8.80. The Bertz CT molecular complexity index is 680. The Morgan fingerprint density at radius 2 is 2.22 bits per heavy atom. The average Bonchev–Trinajstić information content (AvgIpc) is 3.00. The van der Waals surface area contributed by atoms with E-state index in [4.69, 9.17) is 10.3 Å². The van der Waals surface area contributed by atoms with Crippen LogP contribution in [0, 0.1) is 5.82 Å². The van der Waals surface area contributed by atoms with Gasteiger partial charge in [0, 0.05) is 11.9 Å². The monoisotopic (exact) mass is 262 g/mol. The second kappa shape index (κ2) is 4.19. The first-order chi connectivity index (χ1) is 8.74. The number of anilines is 1. The van der Waals surface area contributed by atoms with Crippen molar-refractivity contribution in [3.63, 3.8) is 0 Å². The molecule has 5 nitrogen and oxygen atoms in total. The summed E-state index contributed by atoms with van der Waals surface area (Å²) in [5.74, 6) is 0.0289. The van der Waals surface area contributed by atoms with Gasteiger partial charge in [0.05, 0.1) is 16.0 Å². The molecule has 2 heterocycles. The molecule has 7 heteroatoms. The van der Waals surface area contributed by atoms with Crippen LogP contribution in [0.3, 0.4) is 0 Å². The second-order valence-electron chi connectivity index (χ2n) is 3.53. The molecule has 0 amide bonds. The standard InChI is InChI=1S/C11H7FN4OS/c12-8-2-1-6(13)3-7(8)11-15-10(16-17-11)9-4-14-5-18-9/h1-5H,13H2. The predicted molar refractivity (Wildman–Crippen MR) is 65.2 cm³/mol. The fraction of sp³-hybridized carbons (Fsp3) is 0. The summed E-state index contributed by atoms with van der Waals surface area (Å²) >= 11 is 1.38. The van der Waals surface area contributed by atoms with Gasteiger partial charge in [0.1, 0.15) is 5.82 Å². The van der Waals surface area contributed by atoms with E-state index in [9.17, 15) is 4.39 Å². The van der Waals surface area contributed by atoms with E-state index in [0.29, 0.717) is 11.5 Å². The molecule has 0 aliphatic carbocycles. The third-order valence-electron chi connectivity index (χ3n) is 2.30.